The minimum atomic E-state index is -0.461. The molecule has 3 atom stereocenters. The van der Waals surface area contributed by atoms with E-state index in [-0.39, 0.29) is 11.7 Å². The zero-order valence-corrected chi connectivity index (χ0v) is 9.53. The van der Waals surface area contributed by atoms with E-state index in [1.807, 2.05) is 6.07 Å². The lowest BCUT2D eigenvalue weighted by molar-refractivity contribution is -0.0581. The second kappa shape index (κ2) is 4.05. The molecule has 2 fully saturated rings. The summed E-state index contributed by atoms with van der Waals surface area (Å²) in [4.78, 5) is 0. The number of nitrogens with one attached hydrogen (secondary N) is 1. The van der Waals surface area contributed by atoms with E-state index in [2.05, 4.69) is 5.32 Å². The first kappa shape index (κ1) is 11.1. The smallest absolute Gasteiger partial charge is 0.123 e. The fraction of sp³-hybridized carbons (Fsp3) is 0.538. The molecule has 4 heteroatoms. The quantitative estimate of drug-likeness (QED) is 0.766. The number of β-amino-alcohol motifs (C(OH)–C–C–N with tert-alkyl or cyclic N) is 1. The average Bonchev–Trinajstić information content (AvgIpc) is 2.89. The maximum absolute atomic E-state index is 13.2. The zero-order chi connectivity index (χ0) is 11.9. The van der Waals surface area contributed by atoms with Gasteiger partial charge in [0.15, 0.2) is 0 Å². The number of aliphatic hydroxyl groups excluding tert-OH is 1. The monoisotopic (exact) mass is 237 g/mol. The molecule has 2 heterocycles. The van der Waals surface area contributed by atoms with Crippen LogP contribution in [0.2, 0.25) is 0 Å². The van der Waals surface area contributed by atoms with Gasteiger partial charge in [0.05, 0.1) is 12.7 Å². The number of hydrogen-bond acceptors (Lipinski definition) is 3. The summed E-state index contributed by atoms with van der Waals surface area (Å²) >= 11 is 0. The first-order valence-electron chi connectivity index (χ1n) is 5.98. The van der Waals surface area contributed by atoms with Crippen molar-refractivity contribution in [2.45, 2.75) is 24.0 Å². The van der Waals surface area contributed by atoms with Gasteiger partial charge in [0.25, 0.3) is 0 Å². The van der Waals surface area contributed by atoms with Crippen LogP contribution in [0.5, 0.6) is 0 Å². The van der Waals surface area contributed by atoms with Gasteiger partial charge < -0.3 is 15.2 Å². The van der Waals surface area contributed by atoms with Crippen molar-refractivity contribution in [2.75, 3.05) is 19.7 Å². The zero-order valence-electron chi connectivity index (χ0n) is 9.53. The summed E-state index contributed by atoms with van der Waals surface area (Å²) in [5.41, 5.74) is 0.498. The molecule has 1 spiro atoms. The molecule has 0 unspecified atom stereocenters. The first-order valence-corrected chi connectivity index (χ1v) is 5.98. The van der Waals surface area contributed by atoms with Gasteiger partial charge in [-0.1, -0.05) is 12.1 Å². The Labute approximate surface area is 99.6 Å². The van der Waals surface area contributed by atoms with Crippen molar-refractivity contribution in [2.24, 2.45) is 0 Å². The van der Waals surface area contributed by atoms with Gasteiger partial charge in [-0.05, 0) is 24.1 Å². The average molecular weight is 237 g/mol. The fourth-order valence-electron chi connectivity index (χ4n) is 2.86. The van der Waals surface area contributed by atoms with Crippen LogP contribution in [-0.2, 0) is 4.74 Å². The van der Waals surface area contributed by atoms with Crippen LogP contribution in [-0.4, -0.2) is 36.5 Å². The number of benzene rings is 1. The normalized spacial score (nSPS) is 36.8. The van der Waals surface area contributed by atoms with Crippen molar-refractivity contribution >= 4 is 0 Å². The molecule has 17 heavy (non-hydrogen) atoms. The summed E-state index contributed by atoms with van der Waals surface area (Å²) in [7, 11) is 0. The van der Waals surface area contributed by atoms with E-state index >= 15 is 0 Å². The lowest BCUT2D eigenvalue weighted by Crippen LogP contribution is -2.40. The van der Waals surface area contributed by atoms with Gasteiger partial charge in [-0.15, -0.1) is 0 Å². The highest BCUT2D eigenvalue weighted by molar-refractivity contribution is 5.23. The van der Waals surface area contributed by atoms with Crippen LogP contribution in [0.25, 0.3) is 0 Å². The molecule has 0 radical (unpaired) electrons. The van der Waals surface area contributed by atoms with Gasteiger partial charge >= 0.3 is 0 Å². The van der Waals surface area contributed by atoms with Crippen LogP contribution in [0.1, 0.15) is 17.9 Å². The van der Waals surface area contributed by atoms with Crippen molar-refractivity contribution < 1.29 is 14.2 Å². The Hall–Kier alpha value is -0.970. The Balaban J connectivity index is 1.80. The van der Waals surface area contributed by atoms with Crippen molar-refractivity contribution in [3.63, 3.8) is 0 Å². The van der Waals surface area contributed by atoms with Gasteiger partial charge in [-0.25, -0.2) is 4.39 Å². The number of ether oxygens (including phenoxy) is 1. The molecule has 2 aliphatic rings. The molecule has 1 aromatic rings. The topological polar surface area (TPSA) is 41.5 Å². The number of hydrogen-bond donors (Lipinski definition) is 2. The van der Waals surface area contributed by atoms with Gasteiger partial charge in [0, 0.05) is 19.0 Å². The second-order valence-corrected chi connectivity index (χ2v) is 4.98. The summed E-state index contributed by atoms with van der Waals surface area (Å²) in [6.45, 7) is 1.82. The molecule has 0 saturated carbocycles. The van der Waals surface area contributed by atoms with E-state index in [9.17, 15) is 9.50 Å². The van der Waals surface area contributed by atoms with Crippen LogP contribution in [0, 0.1) is 5.82 Å². The molecular weight excluding hydrogens is 221 g/mol. The number of rotatable bonds is 1. The van der Waals surface area contributed by atoms with E-state index in [4.69, 9.17) is 4.74 Å². The molecule has 2 saturated heterocycles. The van der Waals surface area contributed by atoms with Crippen LogP contribution in [0.4, 0.5) is 4.39 Å². The van der Waals surface area contributed by atoms with Crippen molar-refractivity contribution in [3.05, 3.63) is 35.6 Å². The van der Waals surface area contributed by atoms with Gasteiger partial charge in [0.1, 0.15) is 11.4 Å². The van der Waals surface area contributed by atoms with E-state index in [1.54, 1.807) is 12.1 Å². The molecule has 1 aromatic carbocycles. The Morgan fingerprint density at radius 2 is 2.35 bits per heavy atom. The van der Waals surface area contributed by atoms with E-state index < -0.39 is 11.7 Å². The second-order valence-electron chi connectivity index (χ2n) is 4.98. The molecule has 0 aliphatic carbocycles. The molecule has 2 aliphatic heterocycles. The Bertz CT molecular complexity index is 426. The minimum Gasteiger partial charge on any atom is -0.389 e. The summed E-state index contributed by atoms with van der Waals surface area (Å²) in [6.07, 6.45) is 0.297. The Morgan fingerprint density at radius 3 is 3.06 bits per heavy atom. The molecule has 3 nitrogen and oxygen atoms in total. The standard InChI is InChI=1S/C13H16FNO2/c14-11-3-1-2-9(4-11)10-5-13(17-7-10)8-15-6-12(13)16/h1-4,10,12,15-16H,5-8H2/t10-,12-,13-/m1/s1. The highest BCUT2D eigenvalue weighted by Gasteiger charge is 2.49. The highest BCUT2D eigenvalue weighted by Crippen LogP contribution is 2.40. The minimum absolute atomic E-state index is 0.181. The van der Waals surface area contributed by atoms with Crippen LogP contribution in [0.3, 0.4) is 0 Å². The lowest BCUT2D eigenvalue weighted by Gasteiger charge is -2.25. The summed E-state index contributed by atoms with van der Waals surface area (Å²) in [5, 5.41) is 13.1. The van der Waals surface area contributed by atoms with Crippen LogP contribution in [0.15, 0.2) is 24.3 Å². The predicted octanol–water partition coefficient (Wildman–Crippen LogP) is 1.03. The number of halogens is 1. The van der Waals surface area contributed by atoms with Crippen LogP contribution < -0.4 is 5.32 Å². The Morgan fingerprint density at radius 1 is 1.47 bits per heavy atom. The molecule has 0 aromatic heterocycles. The molecule has 0 bridgehead atoms. The van der Waals surface area contributed by atoms with Gasteiger partial charge in [-0.2, -0.15) is 0 Å². The van der Waals surface area contributed by atoms with Gasteiger partial charge in [-0.3, -0.25) is 0 Å². The predicted molar refractivity (Wildman–Crippen MR) is 61.3 cm³/mol. The van der Waals surface area contributed by atoms with Crippen molar-refractivity contribution in [3.8, 4) is 0 Å². The molecule has 92 valence electrons. The fourth-order valence-corrected chi connectivity index (χ4v) is 2.86. The largest absolute Gasteiger partial charge is 0.389 e. The summed E-state index contributed by atoms with van der Waals surface area (Å²) in [6, 6.07) is 6.65. The lowest BCUT2D eigenvalue weighted by atomic mass is 9.87. The van der Waals surface area contributed by atoms with E-state index in [0.29, 0.717) is 19.7 Å². The first-order chi connectivity index (χ1) is 8.20. The van der Waals surface area contributed by atoms with E-state index in [0.717, 1.165) is 12.0 Å². The molecule has 2 N–H and O–H groups in total. The SMILES string of the molecule is O[C@@H]1CNC[C@]12C[C@@H](c1cccc(F)c1)CO2. The molecule has 0 amide bonds. The number of aliphatic hydroxyl groups is 1. The molecule has 3 rings (SSSR count). The maximum Gasteiger partial charge on any atom is 0.123 e. The molecular formula is C13H16FNO2. The van der Waals surface area contributed by atoms with Crippen molar-refractivity contribution in [1.29, 1.82) is 0 Å². The Kier molecular flexibility index (Phi) is 2.65. The van der Waals surface area contributed by atoms with Crippen LogP contribution >= 0.6 is 0 Å². The van der Waals surface area contributed by atoms with Crippen molar-refractivity contribution in [1.82, 2.24) is 5.32 Å². The third-order valence-electron chi connectivity index (χ3n) is 3.85. The summed E-state index contributed by atoms with van der Waals surface area (Å²) in [5.74, 6) is -0.0335. The third kappa shape index (κ3) is 1.86. The van der Waals surface area contributed by atoms with E-state index in [1.165, 1.54) is 6.07 Å². The van der Waals surface area contributed by atoms with Gasteiger partial charge in [0.2, 0.25) is 0 Å². The maximum atomic E-state index is 13.2. The third-order valence-corrected chi connectivity index (χ3v) is 3.85. The summed E-state index contributed by atoms with van der Waals surface area (Å²) < 4.78 is 18.9. The highest BCUT2D eigenvalue weighted by atomic mass is 19.1.